The van der Waals surface area contributed by atoms with Gasteiger partial charge < -0.3 is 15.2 Å². The predicted octanol–water partition coefficient (Wildman–Crippen LogP) is 2.42. The van der Waals surface area contributed by atoms with Crippen molar-refractivity contribution in [1.82, 2.24) is 0 Å². The number of nitrogens with one attached hydrogen (secondary N) is 1. The van der Waals surface area contributed by atoms with E-state index in [9.17, 15) is 18.5 Å². The molecule has 0 amide bonds. The van der Waals surface area contributed by atoms with Crippen LogP contribution in [0.5, 0.6) is 0 Å². The zero-order chi connectivity index (χ0) is 16.0. The summed E-state index contributed by atoms with van der Waals surface area (Å²) in [6, 6.07) is 3.66. The molecular formula is C14H19FNO4S+. The van der Waals surface area contributed by atoms with Crippen LogP contribution in [0.3, 0.4) is 0 Å². The molecule has 0 bridgehead atoms. The van der Waals surface area contributed by atoms with Crippen LogP contribution in [0.15, 0.2) is 23.6 Å². The van der Waals surface area contributed by atoms with Crippen molar-refractivity contribution in [1.29, 1.82) is 0 Å². The van der Waals surface area contributed by atoms with E-state index in [0.29, 0.717) is 0 Å². The molecule has 0 spiro atoms. The Labute approximate surface area is 124 Å². The van der Waals surface area contributed by atoms with Crippen LogP contribution in [-0.4, -0.2) is 36.7 Å². The number of anilines is 1. The van der Waals surface area contributed by atoms with Crippen molar-refractivity contribution >= 4 is 27.3 Å². The van der Waals surface area contributed by atoms with Gasteiger partial charge in [-0.15, -0.1) is 4.21 Å². The van der Waals surface area contributed by atoms with Gasteiger partial charge in [0.1, 0.15) is 34.8 Å². The van der Waals surface area contributed by atoms with Gasteiger partial charge in [0.15, 0.2) is 11.2 Å². The van der Waals surface area contributed by atoms with Crippen LogP contribution in [0, 0.1) is 5.82 Å². The summed E-state index contributed by atoms with van der Waals surface area (Å²) in [5.41, 5.74) is 0.484. The van der Waals surface area contributed by atoms with E-state index in [4.69, 9.17) is 4.74 Å². The van der Waals surface area contributed by atoms with E-state index in [1.807, 2.05) is 0 Å². The SMILES string of the molecule is CCOC(=O)CNc1cc(F)ccc1C(O)=C[S+](C)(C)=O. The van der Waals surface area contributed by atoms with Crippen LogP contribution in [-0.2, 0) is 23.7 Å². The van der Waals surface area contributed by atoms with Crippen molar-refractivity contribution < 1.29 is 23.2 Å². The summed E-state index contributed by atoms with van der Waals surface area (Å²) in [5, 5.41) is 13.9. The molecule has 0 radical (unpaired) electrons. The number of hydrogen-bond acceptors (Lipinski definition) is 5. The molecule has 116 valence electrons. The minimum atomic E-state index is -2.31. The molecule has 1 aromatic carbocycles. The lowest BCUT2D eigenvalue weighted by atomic mass is 10.1. The van der Waals surface area contributed by atoms with E-state index in [1.165, 1.54) is 30.1 Å². The highest BCUT2D eigenvalue weighted by Crippen LogP contribution is 2.24. The minimum Gasteiger partial charge on any atom is -0.503 e. The summed E-state index contributed by atoms with van der Waals surface area (Å²) < 4.78 is 29.8. The first-order valence-electron chi connectivity index (χ1n) is 6.27. The Balaban J connectivity index is 3.03. The van der Waals surface area contributed by atoms with E-state index in [-0.39, 0.29) is 30.2 Å². The second kappa shape index (κ2) is 7.21. The topological polar surface area (TPSA) is 75.6 Å². The van der Waals surface area contributed by atoms with Crippen molar-refractivity contribution in [3.63, 3.8) is 0 Å². The zero-order valence-electron chi connectivity index (χ0n) is 12.2. The molecule has 0 aliphatic rings. The van der Waals surface area contributed by atoms with E-state index >= 15 is 0 Å². The van der Waals surface area contributed by atoms with Crippen LogP contribution in [0.25, 0.3) is 5.76 Å². The number of carbonyl (C=O) groups excluding carboxylic acids is 1. The number of hydrogen-bond donors (Lipinski definition) is 2. The molecule has 21 heavy (non-hydrogen) atoms. The van der Waals surface area contributed by atoms with Gasteiger partial charge in [0.2, 0.25) is 0 Å². The van der Waals surface area contributed by atoms with Crippen molar-refractivity contribution in [2.24, 2.45) is 0 Å². The lowest BCUT2D eigenvalue weighted by Gasteiger charge is -2.11. The number of esters is 1. The molecule has 2 N–H and O–H groups in total. The summed E-state index contributed by atoms with van der Waals surface area (Å²) in [6.45, 7) is 1.76. The van der Waals surface area contributed by atoms with Crippen molar-refractivity contribution in [2.75, 3.05) is 31.0 Å². The molecular weight excluding hydrogens is 297 g/mol. The fourth-order valence-electron chi connectivity index (χ4n) is 1.60. The quantitative estimate of drug-likeness (QED) is 0.479. The molecule has 0 aliphatic heterocycles. The molecule has 0 saturated carbocycles. The Kier molecular flexibility index (Phi) is 5.90. The van der Waals surface area contributed by atoms with Crippen LogP contribution < -0.4 is 5.32 Å². The maximum Gasteiger partial charge on any atom is 0.325 e. The van der Waals surface area contributed by atoms with Gasteiger partial charge in [0, 0.05) is 11.3 Å². The number of rotatable bonds is 6. The average molecular weight is 316 g/mol. The first-order valence-corrected chi connectivity index (χ1v) is 8.71. The Morgan fingerprint density at radius 2 is 2.14 bits per heavy atom. The molecule has 0 aliphatic carbocycles. The Morgan fingerprint density at radius 1 is 1.48 bits per heavy atom. The second-order valence-corrected chi connectivity index (χ2v) is 7.51. The summed E-state index contributed by atoms with van der Waals surface area (Å²) in [6.07, 6.45) is 2.94. The molecule has 0 unspecified atom stereocenters. The largest absolute Gasteiger partial charge is 0.503 e. The van der Waals surface area contributed by atoms with Crippen LogP contribution in [0.2, 0.25) is 0 Å². The monoisotopic (exact) mass is 316 g/mol. The van der Waals surface area contributed by atoms with Crippen LogP contribution >= 0.6 is 0 Å². The van der Waals surface area contributed by atoms with Gasteiger partial charge in [0.25, 0.3) is 0 Å². The molecule has 0 aromatic heterocycles. The van der Waals surface area contributed by atoms with Crippen molar-refractivity contribution in [3.05, 3.63) is 35.0 Å². The minimum absolute atomic E-state index is 0.162. The number of aliphatic hydroxyl groups is 1. The maximum atomic E-state index is 13.3. The summed E-state index contributed by atoms with van der Waals surface area (Å²) in [5.74, 6) is -1.26. The molecule has 7 heteroatoms. The highest BCUT2D eigenvalue weighted by atomic mass is 32.2. The number of benzene rings is 1. The highest BCUT2D eigenvalue weighted by molar-refractivity contribution is 8.04. The zero-order valence-corrected chi connectivity index (χ0v) is 13.0. The van der Waals surface area contributed by atoms with Crippen molar-refractivity contribution in [3.8, 4) is 0 Å². The van der Waals surface area contributed by atoms with E-state index in [1.54, 1.807) is 6.92 Å². The van der Waals surface area contributed by atoms with Gasteiger partial charge >= 0.3 is 5.97 Å². The lowest BCUT2D eigenvalue weighted by Crippen LogP contribution is -2.17. The van der Waals surface area contributed by atoms with Gasteiger partial charge in [0.05, 0.1) is 6.61 Å². The van der Waals surface area contributed by atoms with E-state index in [2.05, 4.69) is 5.32 Å². The lowest BCUT2D eigenvalue weighted by molar-refractivity contribution is -0.140. The molecule has 0 atom stereocenters. The van der Waals surface area contributed by atoms with Gasteiger partial charge in [-0.25, -0.2) is 4.39 Å². The summed E-state index contributed by atoms with van der Waals surface area (Å²) >= 11 is 0. The number of halogens is 1. The van der Waals surface area contributed by atoms with Gasteiger partial charge in [-0.05, 0) is 25.1 Å². The summed E-state index contributed by atoms with van der Waals surface area (Å²) in [4.78, 5) is 11.3. The first kappa shape index (κ1) is 17.2. The van der Waals surface area contributed by atoms with E-state index in [0.717, 1.165) is 6.07 Å². The molecule has 0 heterocycles. The number of ether oxygens (including phenoxy) is 1. The maximum absolute atomic E-state index is 13.3. The normalized spacial score (nSPS) is 12.1. The van der Waals surface area contributed by atoms with E-state index < -0.39 is 21.7 Å². The fraction of sp³-hybridized carbons (Fsp3) is 0.357. The molecule has 5 nitrogen and oxygen atoms in total. The highest BCUT2D eigenvalue weighted by Gasteiger charge is 2.16. The average Bonchev–Trinajstić information content (AvgIpc) is 2.34. The van der Waals surface area contributed by atoms with Crippen LogP contribution in [0.4, 0.5) is 10.1 Å². The third-order valence-electron chi connectivity index (χ3n) is 2.38. The first-order chi connectivity index (χ1) is 9.73. The van der Waals surface area contributed by atoms with Gasteiger partial charge in [-0.2, -0.15) is 0 Å². The standard InChI is InChI=1S/C14H18FNO4S/c1-4-20-14(18)8-16-12-7-10(15)5-6-11(12)13(17)9-21(2,3)19/h5-7,9H,4,8H2,1-3H3,(H-,16,17,19)/p+1. The summed E-state index contributed by atoms with van der Waals surface area (Å²) in [7, 11) is -2.31. The second-order valence-electron chi connectivity index (χ2n) is 4.66. The Morgan fingerprint density at radius 3 is 2.71 bits per heavy atom. The Bertz CT molecular complexity index is 595. The molecule has 0 saturated heterocycles. The van der Waals surface area contributed by atoms with Gasteiger partial charge in [-0.1, -0.05) is 0 Å². The fourth-order valence-corrected chi connectivity index (χ4v) is 2.26. The third kappa shape index (κ3) is 5.95. The predicted molar refractivity (Wildman–Crippen MR) is 82.0 cm³/mol. The van der Waals surface area contributed by atoms with Crippen molar-refractivity contribution in [2.45, 2.75) is 6.92 Å². The molecule has 1 aromatic rings. The third-order valence-corrected chi connectivity index (χ3v) is 3.17. The molecule has 1 rings (SSSR count). The number of aliphatic hydroxyl groups excluding tert-OH is 1. The van der Waals surface area contributed by atoms with Gasteiger partial charge in [-0.3, -0.25) is 4.79 Å². The molecule has 0 fully saturated rings. The Hall–Kier alpha value is -1.89. The smallest absolute Gasteiger partial charge is 0.325 e. The number of carbonyl (C=O) groups is 1. The van der Waals surface area contributed by atoms with Crippen LogP contribution in [0.1, 0.15) is 12.5 Å².